The van der Waals surface area contributed by atoms with E-state index in [0.29, 0.717) is 31.8 Å². The highest BCUT2D eigenvalue weighted by Crippen LogP contribution is 2.34. The lowest BCUT2D eigenvalue weighted by Gasteiger charge is -2.40. The largest absolute Gasteiger partial charge is 0.481 e. The van der Waals surface area contributed by atoms with Crippen LogP contribution in [0.4, 0.5) is 4.79 Å². The smallest absolute Gasteiger partial charge is 0.317 e. The minimum absolute atomic E-state index is 0.0897. The molecular formula is C16H28N2O3. The van der Waals surface area contributed by atoms with Gasteiger partial charge in [0.15, 0.2) is 0 Å². The zero-order valence-corrected chi connectivity index (χ0v) is 13.2. The highest BCUT2D eigenvalue weighted by molar-refractivity contribution is 5.79. The lowest BCUT2D eigenvalue weighted by Crippen LogP contribution is -2.54. The van der Waals surface area contributed by atoms with Crippen LogP contribution in [0.15, 0.2) is 0 Å². The average Bonchev–Trinajstić information content (AvgIpc) is 3.01. The Hall–Kier alpha value is -1.26. The molecule has 5 heteroatoms. The number of hydrogen-bond acceptors (Lipinski definition) is 2. The number of likely N-dealkylation sites (tertiary alicyclic amines) is 1. The van der Waals surface area contributed by atoms with Gasteiger partial charge in [0.2, 0.25) is 0 Å². The van der Waals surface area contributed by atoms with Crippen molar-refractivity contribution in [3.63, 3.8) is 0 Å². The number of carbonyl (C=O) groups is 2. The molecule has 2 rings (SSSR count). The number of amides is 2. The molecule has 1 aliphatic heterocycles. The quantitative estimate of drug-likeness (QED) is 0.838. The SMILES string of the molecule is CCC1(C(=O)O)CCCN(C(=O)NC(C)C2CCCC2)C1. The van der Waals surface area contributed by atoms with Crippen LogP contribution in [0.25, 0.3) is 0 Å². The monoisotopic (exact) mass is 296 g/mol. The molecule has 5 nitrogen and oxygen atoms in total. The molecule has 0 radical (unpaired) electrons. The third kappa shape index (κ3) is 3.50. The van der Waals surface area contributed by atoms with Crippen LogP contribution in [0.3, 0.4) is 0 Å². The van der Waals surface area contributed by atoms with E-state index in [1.807, 2.05) is 6.92 Å². The molecule has 0 bridgehead atoms. The van der Waals surface area contributed by atoms with E-state index in [-0.39, 0.29) is 12.1 Å². The number of nitrogens with one attached hydrogen (secondary N) is 1. The first kappa shape index (κ1) is 16.1. The predicted molar refractivity (Wildman–Crippen MR) is 81.1 cm³/mol. The van der Waals surface area contributed by atoms with Gasteiger partial charge in [-0.1, -0.05) is 19.8 Å². The number of nitrogens with zero attached hydrogens (tertiary/aromatic N) is 1. The van der Waals surface area contributed by atoms with Crippen molar-refractivity contribution in [1.82, 2.24) is 10.2 Å². The van der Waals surface area contributed by atoms with Gasteiger partial charge in [-0.15, -0.1) is 0 Å². The summed E-state index contributed by atoms with van der Waals surface area (Å²) in [7, 11) is 0. The molecule has 1 saturated carbocycles. The van der Waals surface area contributed by atoms with Gasteiger partial charge in [-0.2, -0.15) is 0 Å². The van der Waals surface area contributed by atoms with Crippen LogP contribution >= 0.6 is 0 Å². The van der Waals surface area contributed by atoms with E-state index in [1.54, 1.807) is 4.90 Å². The van der Waals surface area contributed by atoms with Crippen LogP contribution < -0.4 is 5.32 Å². The Labute approximate surface area is 127 Å². The maximum absolute atomic E-state index is 12.4. The van der Waals surface area contributed by atoms with E-state index in [0.717, 1.165) is 6.42 Å². The summed E-state index contributed by atoms with van der Waals surface area (Å²) in [5.74, 6) is -0.194. The predicted octanol–water partition coefficient (Wildman–Crippen LogP) is 2.85. The topological polar surface area (TPSA) is 69.6 Å². The first-order valence-corrected chi connectivity index (χ1v) is 8.27. The van der Waals surface area contributed by atoms with Gasteiger partial charge in [0.25, 0.3) is 0 Å². The molecule has 0 spiro atoms. The van der Waals surface area contributed by atoms with E-state index < -0.39 is 11.4 Å². The van der Waals surface area contributed by atoms with Gasteiger partial charge in [-0.3, -0.25) is 4.79 Å². The third-order valence-electron chi connectivity index (χ3n) is 5.45. The molecule has 0 aromatic carbocycles. The Balaban J connectivity index is 1.94. The number of hydrogen-bond donors (Lipinski definition) is 2. The van der Waals surface area contributed by atoms with Gasteiger partial charge in [-0.05, 0) is 44.9 Å². The van der Waals surface area contributed by atoms with E-state index in [9.17, 15) is 14.7 Å². The number of piperidine rings is 1. The Kier molecular flexibility index (Phi) is 5.12. The second-order valence-corrected chi connectivity index (χ2v) is 6.75. The van der Waals surface area contributed by atoms with E-state index in [2.05, 4.69) is 12.2 Å². The first-order valence-electron chi connectivity index (χ1n) is 8.27. The van der Waals surface area contributed by atoms with Crippen molar-refractivity contribution in [2.24, 2.45) is 11.3 Å². The highest BCUT2D eigenvalue weighted by Gasteiger charge is 2.42. The van der Waals surface area contributed by atoms with Crippen molar-refractivity contribution in [2.75, 3.05) is 13.1 Å². The Bertz CT molecular complexity index is 393. The number of rotatable bonds is 4. The molecule has 2 fully saturated rings. The summed E-state index contributed by atoms with van der Waals surface area (Å²) in [4.78, 5) is 25.7. The Morgan fingerprint density at radius 3 is 2.57 bits per heavy atom. The Morgan fingerprint density at radius 1 is 1.33 bits per heavy atom. The fraction of sp³-hybridized carbons (Fsp3) is 0.875. The van der Waals surface area contributed by atoms with Crippen LogP contribution in [-0.2, 0) is 4.79 Å². The standard InChI is InChI=1S/C16H28N2O3/c1-3-16(14(19)20)9-6-10-18(11-16)15(21)17-12(2)13-7-4-5-8-13/h12-13H,3-11H2,1-2H3,(H,17,21)(H,19,20). The zero-order valence-electron chi connectivity index (χ0n) is 13.2. The summed E-state index contributed by atoms with van der Waals surface area (Å²) in [6, 6.07) is 0.0935. The summed E-state index contributed by atoms with van der Waals surface area (Å²) < 4.78 is 0. The second kappa shape index (κ2) is 6.67. The average molecular weight is 296 g/mol. The van der Waals surface area contributed by atoms with Crippen molar-refractivity contribution in [2.45, 2.75) is 64.8 Å². The number of urea groups is 1. The molecule has 2 aliphatic rings. The van der Waals surface area contributed by atoms with Gasteiger partial charge in [0, 0.05) is 19.1 Å². The molecular weight excluding hydrogens is 268 g/mol. The molecule has 120 valence electrons. The van der Waals surface area contributed by atoms with Crippen LogP contribution in [0.5, 0.6) is 0 Å². The van der Waals surface area contributed by atoms with Gasteiger partial charge in [-0.25, -0.2) is 4.79 Å². The Morgan fingerprint density at radius 2 is 2.00 bits per heavy atom. The lowest BCUT2D eigenvalue weighted by molar-refractivity contribution is -0.152. The van der Waals surface area contributed by atoms with E-state index in [1.165, 1.54) is 25.7 Å². The summed E-state index contributed by atoms with van der Waals surface area (Å²) in [5, 5.41) is 12.6. The van der Waals surface area contributed by atoms with Crippen molar-refractivity contribution >= 4 is 12.0 Å². The van der Waals surface area contributed by atoms with Crippen LogP contribution in [0, 0.1) is 11.3 Å². The molecule has 2 unspecified atom stereocenters. The van der Waals surface area contributed by atoms with Gasteiger partial charge >= 0.3 is 12.0 Å². The van der Waals surface area contributed by atoms with Crippen LogP contribution in [0.2, 0.25) is 0 Å². The molecule has 2 amide bonds. The molecule has 0 aromatic heterocycles. The van der Waals surface area contributed by atoms with Crippen LogP contribution in [0.1, 0.15) is 58.8 Å². The summed E-state index contributed by atoms with van der Waals surface area (Å²) in [5.41, 5.74) is -0.758. The van der Waals surface area contributed by atoms with Gasteiger partial charge in [0.05, 0.1) is 5.41 Å². The van der Waals surface area contributed by atoms with Gasteiger partial charge in [0.1, 0.15) is 0 Å². The summed E-state index contributed by atoms with van der Waals surface area (Å²) >= 11 is 0. The van der Waals surface area contributed by atoms with E-state index >= 15 is 0 Å². The minimum atomic E-state index is -0.772. The fourth-order valence-electron chi connectivity index (χ4n) is 3.78. The van der Waals surface area contributed by atoms with Crippen molar-refractivity contribution in [1.29, 1.82) is 0 Å². The highest BCUT2D eigenvalue weighted by atomic mass is 16.4. The second-order valence-electron chi connectivity index (χ2n) is 6.75. The van der Waals surface area contributed by atoms with Gasteiger partial charge < -0.3 is 15.3 Å². The molecule has 1 aliphatic carbocycles. The number of aliphatic carboxylic acids is 1. The summed E-state index contributed by atoms with van der Waals surface area (Å²) in [6.07, 6.45) is 6.90. The normalized spacial score (nSPS) is 28.4. The number of carboxylic acids is 1. The van der Waals surface area contributed by atoms with E-state index in [4.69, 9.17) is 0 Å². The van der Waals surface area contributed by atoms with Crippen molar-refractivity contribution in [3.05, 3.63) is 0 Å². The van der Waals surface area contributed by atoms with Crippen molar-refractivity contribution in [3.8, 4) is 0 Å². The molecule has 0 aromatic rings. The molecule has 21 heavy (non-hydrogen) atoms. The fourth-order valence-corrected chi connectivity index (χ4v) is 3.78. The molecule has 2 atom stereocenters. The van der Waals surface area contributed by atoms with Crippen LogP contribution in [-0.4, -0.2) is 41.1 Å². The molecule has 1 heterocycles. The number of carboxylic acid groups (broad SMARTS) is 1. The minimum Gasteiger partial charge on any atom is -0.481 e. The first-order chi connectivity index (χ1) is 9.98. The molecule has 1 saturated heterocycles. The molecule has 2 N–H and O–H groups in total. The maximum Gasteiger partial charge on any atom is 0.317 e. The lowest BCUT2D eigenvalue weighted by atomic mass is 9.78. The third-order valence-corrected chi connectivity index (χ3v) is 5.45. The maximum atomic E-state index is 12.4. The van der Waals surface area contributed by atoms with Crippen molar-refractivity contribution < 1.29 is 14.7 Å². The zero-order chi connectivity index (χ0) is 15.5. The number of carbonyl (C=O) groups excluding carboxylic acids is 1. The summed E-state index contributed by atoms with van der Waals surface area (Å²) in [6.45, 7) is 4.97.